The first kappa shape index (κ1) is 23.9. The maximum absolute atomic E-state index is 13.0. The lowest BCUT2D eigenvalue weighted by atomic mass is 10.1. The molecular formula is C26H21F3N4O2. The zero-order chi connectivity index (χ0) is 25.0. The lowest BCUT2D eigenvalue weighted by Gasteiger charge is -2.15. The van der Waals surface area contributed by atoms with Gasteiger partial charge in [-0.1, -0.05) is 19.1 Å². The highest BCUT2D eigenvalue weighted by molar-refractivity contribution is 6.05. The SMILES string of the molecule is CCc1nccc(-c2cccnc2Oc2cccc(C(=O)Nc3cccc(C(F)(F)F)c3)c2C)n1. The lowest BCUT2D eigenvalue weighted by Crippen LogP contribution is -2.14. The molecule has 35 heavy (non-hydrogen) atoms. The minimum atomic E-state index is -4.51. The summed E-state index contributed by atoms with van der Waals surface area (Å²) in [6.45, 7) is 3.65. The number of nitrogens with zero attached hydrogens (tertiary/aromatic N) is 3. The van der Waals surface area contributed by atoms with Crippen LogP contribution in [0.1, 0.15) is 34.2 Å². The second kappa shape index (κ2) is 9.92. The summed E-state index contributed by atoms with van der Waals surface area (Å²) in [6.07, 6.45) is -0.582. The molecule has 0 spiro atoms. The highest BCUT2D eigenvalue weighted by atomic mass is 19.4. The molecule has 2 aromatic heterocycles. The first-order chi connectivity index (χ1) is 16.8. The Morgan fingerprint density at radius 1 is 1.00 bits per heavy atom. The molecular weight excluding hydrogens is 457 g/mol. The Labute approximate surface area is 199 Å². The van der Waals surface area contributed by atoms with E-state index in [4.69, 9.17) is 4.74 Å². The first-order valence-corrected chi connectivity index (χ1v) is 10.8. The molecule has 6 nitrogen and oxygen atoms in total. The number of hydrogen-bond acceptors (Lipinski definition) is 5. The summed E-state index contributed by atoms with van der Waals surface area (Å²) in [5, 5.41) is 2.53. The van der Waals surface area contributed by atoms with Crippen molar-refractivity contribution in [1.82, 2.24) is 15.0 Å². The second-order valence-corrected chi connectivity index (χ2v) is 7.63. The van der Waals surface area contributed by atoms with Gasteiger partial charge < -0.3 is 10.1 Å². The van der Waals surface area contributed by atoms with E-state index < -0.39 is 17.6 Å². The molecule has 0 aliphatic carbocycles. The zero-order valence-corrected chi connectivity index (χ0v) is 18.9. The maximum Gasteiger partial charge on any atom is 0.416 e. The number of halogens is 3. The van der Waals surface area contributed by atoms with Crippen molar-refractivity contribution in [2.45, 2.75) is 26.4 Å². The number of nitrogens with one attached hydrogen (secondary N) is 1. The van der Waals surface area contributed by atoms with Crippen LogP contribution in [0.2, 0.25) is 0 Å². The predicted molar refractivity (Wildman–Crippen MR) is 125 cm³/mol. The molecule has 0 unspecified atom stereocenters. The van der Waals surface area contributed by atoms with Crippen LogP contribution in [0, 0.1) is 6.92 Å². The summed E-state index contributed by atoms with van der Waals surface area (Å²) >= 11 is 0. The van der Waals surface area contributed by atoms with Crippen LogP contribution in [-0.2, 0) is 12.6 Å². The van der Waals surface area contributed by atoms with E-state index in [0.717, 1.165) is 12.1 Å². The van der Waals surface area contributed by atoms with Gasteiger partial charge in [0.25, 0.3) is 5.91 Å². The number of carbonyl (C=O) groups excluding carboxylic acids is 1. The average molecular weight is 478 g/mol. The number of amides is 1. The largest absolute Gasteiger partial charge is 0.438 e. The summed E-state index contributed by atoms with van der Waals surface area (Å²) in [4.78, 5) is 26.0. The molecule has 0 radical (unpaired) electrons. The Morgan fingerprint density at radius 3 is 2.57 bits per heavy atom. The molecule has 1 N–H and O–H groups in total. The predicted octanol–water partition coefficient (Wildman–Crippen LogP) is 6.47. The molecule has 0 aliphatic heterocycles. The normalized spacial score (nSPS) is 11.2. The van der Waals surface area contributed by atoms with Gasteiger partial charge in [-0.15, -0.1) is 0 Å². The quantitative estimate of drug-likeness (QED) is 0.344. The summed E-state index contributed by atoms with van der Waals surface area (Å²) in [7, 11) is 0. The minimum absolute atomic E-state index is 0.0399. The standard InChI is InChI=1S/C26H21F3N4O2/c1-3-23-30-14-12-21(33-23)20-10-6-13-31-25(20)35-22-11-5-9-19(16(22)2)24(34)32-18-8-4-7-17(15-18)26(27,28)29/h4-15H,3H2,1-2H3,(H,32,34). The van der Waals surface area contributed by atoms with Crippen molar-refractivity contribution in [2.24, 2.45) is 0 Å². The van der Waals surface area contributed by atoms with Gasteiger partial charge in [-0.05, 0) is 55.5 Å². The van der Waals surface area contributed by atoms with Crippen molar-refractivity contribution in [3.8, 4) is 22.9 Å². The zero-order valence-electron chi connectivity index (χ0n) is 18.9. The monoisotopic (exact) mass is 478 g/mol. The van der Waals surface area contributed by atoms with Gasteiger partial charge in [0.05, 0.1) is 16.8 Å². The van der Waals surface area contributed by atoms with E-state index in [1.165, 1.54) is 12.1 Å². The van der Waals surface area contributed by atoms with E-state index in [2.05, 4.69) is 20.3 Å². The Kier molecular flexibility index (Phi) is 6.77. The number of aromatic nitrogens is 3. The number of carbonyl (C=O) groups is 1. The number of rotatable bonds is 6. The van der Waals surface area contributed by atoms with E-state index in [1.807, 2.05) is 13.0 Å². The first-order valence-electron chi connectivity index (χ1n) is 10.8. The summed E-state index contributed by atoms with van der Waals surface area (Å²) < 4.78 is 45.1. The highest BCUT2D eigenvalue weighted by Crippen LogP contribution is 2.33. The van der Waals surface area contributed by atoms with Crippen LogP contribution in [-0.4, -0.2) is 20.9 Å². The van der Waals surface area contributed by atoms with Gasteiger partial charge in [-0.2, -0.15) is 13.2 Å². The van der Waals surface area contributed by atoms with Gasteiger partial charge in [0.1, 0.15) is 11.6 Å². The van der Waals surface area contributed by atoms with Gasteiger partial charge >= 0.3 is 6.18 Å². The van der Waals surface area contributed by atoms with E-state index in [-0.39, 0.29) is 11.3 Å². The number of benzene rings is 2. The molecule has 2 heterocycles. The molecule has 0 saturated carbocycles. The molecule has 1 amide bonds. The van der Waals surface area contributed by atoms with Gasteiger partial charge in [0.15, 0.2) is 0 Å². The molecule has 2 aromatic carbocycles. The molecule has 0 aliphatic rings. The van der Waals surface area contributed by atoms with Crippen molar-refractivity contribution in [3.63, 3.8) is 0 Å². The fraction of sp³-hybridized carbons (Fsp3) is 0.154. The van der Waals surface area contributed by atoms with Crippen molar-refractivity contribution >= 4 is 11.6 Å². The molecule has 0 fully saturated rings. The average Bonchev–Trinajstić information content (AvgIpc) is 2.85. The molecule has 4 aromatic rings. The number of anilines is 1. The molecule has 0 saturated heterocycles. The topological polar surface area (TPSA) is 77.0 Å². The molecule has 9 heteroatoms. The summed E-state index contributed by atoms with van der Waals surface area (Å²) in [6, 6.07) is 14.7. The maximum atomic E-state index is 13.0. The van der Waals surface area contributed by atoms with Crippen molar-refractivity contribution < 1.29 is 22.7 Å². The fourth-order valence-corrected chi connectivity index (χ4v) is 3.43. The third-order valence-electron chi connectivity index (χ3n) is 5.25. The van der Waals surface area contributed by atoms with Crippen molar-refractivity contribution in [3.05, 3.63) is 95.6 Å². The minimum Gasteiger partial charge on any atom is -0.438 e. The van der Waals surface area contributed by atoms with Crippen LogP contribution in [0.4, 0.5) is 18.9 Å². The second-order valence-electron chi connectivity index (χ2n) is 7.63. The number of aryl methyl sites for hydroxylation is 1. The van der Waals surface area contributed by atoms with Crippen LogP contribution >= 0.6 is 0 Å². The number of hydrogen-bond donors (Lipinski definition) is 1. The van der Waals surface area contributed by atoms with E-state index in [1.54, 1.807) is 49.6 Å². The Bertz CT molecular complexity index is 1370. The molecule has 4 rings (SSSR count). The van der Waals surface area contributed by atoms with Crippen LogP contribution < -0.4 is 10.1 Å². The third-order valence-corrected chi connectivity index (χ3v) is 5.25. The van der Waals surface area contributed by atoms with Gasteiger partial charge in [-0.3, -0.25) is 4.79 Å². The summed E-state index contributed by atoms with van der Waals surface area (Å²) in [5.74, 6) is 0.803. The fourth-order valence-electron chi connectivity index (χ4n) is 3.43. The number of alkyl halides is 3. The Balaban J connectivity index is 1.61. The van der Waals surface area contributed by atoms with Crippen LogP contribution in [0.5, 0.6) is 11.6 Å². The van der Waals surface area contributed by atoms with Crippen molar-refractivity contribution in [2.75, 3.05) is 5.32 Å². The van der Waals surface area contributed by atoms with E-state index >= 15 is 0 Å². The van der Waals surface area contributed by atoms with E-state index in [0.29, 0.717) is 40.7 Å². The van der Waals surface area contributed by atoms with Gasteiger partial charge in [-0.25, -0.2) is 15.0 Å². The lowest BCUT2D eigenvalue weighted by molar-refractivity contribution is -0.137. The van der Waals surface area contributed by atoms with Gasteiger partial charge in [0.2, 0.25) is 5.88 Å². The van der Waals surface area contributed by atoms with E-state index in [9.17, 15) is 18.0 Å². The van der Waals surface area contributed by atoms with Crippen LogP contribution in [0.3, 0.4) is 0 Å². The highest BCUT2D eigenvalue weighted by Gasteiger charge is 2.30. The van der Waals surface area contributed by atoms with Crippen LogP contribution in [0.15, 0.2) is 73.1 Å². The van der Waals surface area contributed by atoms with Gasteiger partial charge in [0, 0.05) is 35.6 Å². The number of pyridine rings is 1. The Hall–Kier alpha value is -4.27. The summed E-state index contributed by atoms with van der Waals surface area (Å²) in [5.41, 5.74) is 1.26. The molecule has 0 atom stereocenters. The molecule has 178 valence electrons. The molecule has 0 bridgehead atoms. The van der Waals surface area contributed by atoms with Crippen molar-refractivity contribution in [1.29, 1.82) is 0 Å². The third kappa shape index (κ3) is 5.46. The number of ether oxygens (including phenoxy) is 1. The smallest absolute Gasteiger partial charge is 0.416 e. The Morgan fingerprint density at radius 2 is 1.80 bits per heavy atom. The van der Waals surface area contributed by atoms with Crippen LogP contribution in [0.25, 0.3) is 11.3 Å².